The minimum absolute atomic E-state index is 0.0288. The fraction of sp³-hybridized carbons (Fsp3) is 0.194. The molecule has 2 aliphatic rings. The van der Waals surface area contributed by atoms with Gasteiger partial charge in [0, 0.05) is 29.6 Å². The summed E-state index contributed by atoms with van der Waals surface area (Å²) in [6.07, 6.45) is 0. The van der Waals surface area contributed by atoms with E-state index in [1.54, 1.807) is 6.07 Å². The number of hydrogen-bond acceptors (Lipinski definition) is 10. The molecule has 0 saturated heterocycles. The summed E-state index contributed by atoms with van der Waals surface area (Å²) in [5.74, 6) is -6.04. The molecule has 1 aliphatic heterocycles. The predicted octanol–water partition coefficient (Wildman–Crippen LogP) is 2.90. The monoisotopic (exact) mass is 620 g/mol. The molecule has 1 heterocycles. The number of aliphatic hydroxyl groups excluding tert-OH is 1. The highest BCUT2D eigenvalue weighted by atomic mass is 16.4. The van der Waals surface area contributed by atoms with Gasteiger partial charge in [0.1, 0.15) is 17.1 Å². The van der Waals surface area contributed by atoms with Gasteiger partial charge < -0.3 is 35.1 Å². The number of aliphatic hydroxyl groups is 1. The van der Waals surface area contributed by atoms with E-state index in [1.807, 2.05) is 0 Å². The zero-order valence-corrected chi connectivity index (χ0v) is 23.6. The summed E-state index contributed by atoms with van der Waals surface area (Å²) < 4.78 is 6.27. The number of aliphatic carboxylic acids is 3. The molecule has 0 atom stereocenters. The molecule has 0 saturated carbocycles. The topological polar surface area (TPSA) is 226 Å². The minimum Gasteiger partial charge on any atom is -0.512 e. The van der Waals surface area contributed by atoms with Crippen molar-refractivity contribution in [1.29, 1.82) is 0 Å². The summed E-state index contributed by atoms with van der Waals surface area (Å²) in [6, 6.07) is 11.4. The quantitative estimate of drug-likeness (QED) is 0.0880. The Labute approximate surface area is 254 Å². The second kappa shape index (κ2) is 13.3. The van der Waals surface area contributed by atoms with Gasteiger partial charge in [0.05, 0.1) is 48.6 Å². The highest BCUT2D eigenvalue weighted by Gasteiger charge is 2.28. The minimum atomic E-state index is -1.35. The fourth-order valence-corrected chi connectivity index (χ4v) is 5.20. The fourth-order valence-electron chi connectivity index (χ4n) is 5.20. The molecule has 234 valence electrons. The van der Waals surface area contributed by atoms with Gasteiger partial charge in [-0.2, -0.15) is 0 Å². The Morgan fingerprint density at radius 3 is 1.87 bits per heavy atom. The van der Waals surface area contributed by atoms with Crippen LogP contribution in [0.3, 0.4) is 0 Å². The van der Waals surface area contributed by atoms with Gasteiger partial charge in [-0.15, -0.1) is 0 Å². The van der Waals surface area contributed by atoms with Crippen LogP contribution >= 0.6 is 0 Å². The van der Waals surface area contributed by atoms with Gasteiger partial charge >= 0.3 is 23.9 Å². The van der Waals surface area contributed by atoms with Crippen LogP contribution in [-0.2, 0) is 27.5 Å². The second-order valence-electron chi connectivity index (χ2n) is 10.2. The summed E-state index contributed by atoms with van der Waals surface area (Å²) in [7, 11) is 0. The van der Waals surface area contributed by atoms with Gasteiger partial charge in [-0.05, 0) is 35.9 Å². The van der Waals surface area contributed by atoms with E-state index in [1.165, 1.54) is 47.4 Å². The molecule has 0 aromatic heterocycles. The first-order valence-corrected chi connectivity index (χ1v) is 13.3. The average molecular weight is 621 g/mol. The van der Waals surface area contributed by atoms with Crippen LogP contribution in [0.4, 0.5) is 0 Å². The van der Waals surface area contributed by atoms with Gasteiger partial charge in [0.15, 0.2) is 5.43 Å². The Hall–Kier alpha value is -5.73. The van der Waals surface area contributed by atoms with Crippen molar-refractivity contribution >= 4 is 34.8 Å². The number of hydrogen-bond donors (Lipinski definition) is 6. The van der Waals surface area contributed by atoms with E-state index in [9.17, 15) is 54.6 Å². The lowest BCUT2D eigenvalue weighted by molar-refractivity contribution is -0.142. The van der Waals surface area contributed by atoms with E-state index < -0.39 is 55.5 Å². The van der Waals surface area contributed by atoms with Crippen LogP contribution in [0.2, 0.25) is 0 Å². The van der Waals surface area contributed by atoms with Crippen molar-refractivity contribution in [1.82, 2.24) is 9.80 Å². The molecule has 14 heteroatoms. The molecule has 2 aromatic rings. The molecule has 14 nitrogen and oxygen atoms in total. The molecule has 45 heavy (non-hydrogen) atoms. The Balaban J connectivity index is 2.11. The van der Waals surface area contributed by atoms with Gasteiger partial charge in [0.2, 0.25) is 0 Å². The normalized spacial score (nSPS) is 11.3. The number of fused-ring (bicyclic) bond motifs is 2. The van der Waals surface area contributed by atoms with Crippen LogP contribution in [0, 0.1) is 0 Å². The van der Waals surface area contributed by atoms with Crippen molar-refractivity contribution < 1.29 is 54.2 Å². The summed E-state index contributed by atoms with van der Waals surface area (Å²) in [5.41, 5.74) is -0.203. The predicted molar refractivity (Wildman–Crippen MR) is 158 cm³/mol. The number of rotatable bonds is 14. The van der Waals surface area contributed by atoms with Crippen LogP contribution in [-0.4, -0.2) is 90.5 Å². The molecule has 0 unspecified atom stereocenters. The van der Waals surface area contributed by atoms with Crippen molar-refractivity contribution in [3.05, 3.63) is 87.8 Å². The van der Waals surface area contributed by atoms with E-state index in [0.29, 0.717) is 0 Å². The van der Waals surface area contributed by atoms with Crippen molar-refractivity contribution in [2.45, 2.75) is 13.1 Å². The number of aromatic hydroxyl groups is 1. The zero-order chi connectivity index (χ0) is 33.0. The van der Waals surface area contributed by atoms with Crippen molar-refractivity contribution in [3.63, 3.8) is 0 Å². The maximum absolute atomic E-state index is 13.2. The van der Waals surface area contributed by atoms with Crippen LogP contribution in [0.25, 0.3) is 33.4 Å². The molecular formula is C31H28N2O12. The first kappa shape index (κ1) is 32.2. The molecule has 0 bridgehead atoms. The summed E-state index contributed by atoms with van der Waals surface area (Å²) >= 11 is 0. The molecule has 4 rings (SSSR count). The van der Waals surface area contributed by atoms with Crippen LogP contribution in [0.5, 0.6) is 5.75 Å². The largest absolute Gasteiger partial charge is 0.512 e. The second-order valence-corrected chi connectivity index (χ2v) is 10.2. The molecular weight excluding hydrogens is 592 g/mol. The maximum atomic E-state index is 13.2. The van der Waals surface area contributed by atoms with Crippen LogP contribution < -0.4 is 5.43 Å². The molecule has 1 aliphatic carbocycles. The number of phenolic OH excluding ortho intramolecular Hbond substituents is 1. The third kappa shape index (κ3) is 7.26. The van der Waals surface area contributed by atoms with E-state index in [2.05, 4.69) is 6.58 Å². The summed E-state index contributed by atoms with van der Waals surface area (Å²) in [4.78, 5) is 62.3. The van der Waals surface area contributed by atoms with Crippen LogP contribution in [0.1, 0.15) is 21.5 Å². The lowest BCUT2D eigenvalue weighted by Crippen LogP contribution is -2.35. The standard InChI is InChI=1S/C31H28N2O12/c1-16(34)10-32(13-25(37)38)11-21-23(35)8-6-19-28(17-4-2-3-5-18(17)31(43)44)20-7-9-24(36)22(30(20)45-29(19)21)12-33(14-26(39)40)15-27(41)42/h2-9,34-35H,1,10-15H2,(H,37,38)(H,39,40)(H,41,42)(H,43,44). The Morgan fingerprint density at radius 1 is 0.711 bits per heavy atom. The zero-order valence-electron chi connectivity index (χ0n) is 23.6. The number of nitrogens with zero attached hydrogens (tertiary/aromatic N) is 2. The molecule has 0 amide bonds. The van der Waals surface area contributed by atoms with Crippen molar-refractivity contribution in [3.8, 4) is 28.2 Å². The maximum Gasteiger partial charge on any atom is 0.336 e. The summed E-state index contributed by atoms with van der Waals surface area (Å²) in [5, 5.41) is 59.2. The number of carboxylic acids is 4. The van der Waals surface area contributed by atoms with Gasteiger partial charge in [0.25, 0.3) is 0 Å². The third-order valence-corrected chi connectivity index (χ3v) is 6.87. The molecule has 6 N–H and O–H groups in total. The number of phenols is 1. The SMILES string of the molecule is C=C(O)CN(CC(=O)O)Cc1c(O)ccc2c(-c3ccccc3C(=O)O)c3ccc(=O)c(CN(CC(=O)O)CC(=O)O)c-3oc12. The molecule has 0 spiro atoms. The Bertz CT molecular complexity index is 1830. The molecule has 0 radical (unpaired) electrons. The highest BCUT2D eigenvalue weighted by Crippen LogP contribution is 2.45. The number of carboxylic acid groups (broad SMARTS) is 4. The lowest BCUT2D eigenvalue weighted by Gasteiger charge is -2.24. The first-order chi connectivity index (χ1) is 21.3. The van der Waals surface area contributed by atoms with Crippen molar-refractivity contribution in [2.24, 2.45) is 0 Å². The smallest absolute Gasteiger partial charge is 0.336 e. The van der Waals surface area contributed by atoms with E-state index in [4.69, 9.17) is 4.42 Å². The highest BCUT2D eigenvalue weighted by molar-refractivity contribution is 6.08. The van der Waals surface area contributed by atoms with E-state index in [0.717, 1.165) is 4.90 Å². The van der Waals surface area contributed by atoms with E-state index >= 15 is 0 Å². The third-order valence-electron chi connectivity index (χ3n) is 6.87. The Kier molecular flexibility index (Phi) is 9.50. The van der Waals surface area contributed by atoms with Gasteiger partial charge in [-0.1, -0.05) is 24.8 Å². The van der Waals surface area contributed by atoms with Gasteiger partial charge in [-0.3, -0.25) is 29.0 Å². The molecule has 0 fully saturated rings. The van der Waals surface area contributed by atoms with E-state index in [-0.39, 0.29) is 74.7 Å². The molecule has 2 aromatic carbocycles. The van der Waals surface area contributed by atoms with Crippen LogP contribution in [0.15, 0.2) is 70.1 Å². The Morgan fingerprint density at radius 2 is 1.29 bits per heavy atom. The average Bonchev–Trinajstić information content (AvgIpc) is 2.93. The first-order valence-electron chi connectivity index (χ1n) is 13.3. The number of benzene rings is 3. The lowest BCUT2D eigenvalue weighted by atomic mass is 9.88. The van der Waals surface area contributed by atoms with Crippen molar-refractivity contribution in [2.75, 3.05) is 26.2 Å². The number of carbonyl (C=O) groups is 4. The number of aromatic carboxylic acids is 1. The van der Waals surface area contributed by atoms with Gasteiger partial charge in [-0.25, -0.2) is 4.79 Å². The summed E-state index contributed by atoms with van der Waals surface area (Å²) in [6.45, 7) is 0.283.